The summed E-state index contributed by atoms with van der Waals surface area (Å²) in [6.45, 7) is 3.69. The zero-order valence-electron chi connectivity index (χ0n) is 15.2. The van der Waals surface area contributed by atoms with Crippen molar-refractivity contribution in [3.8, 4) is 5.75 Å². The molecule has 5 heteroatoms. The first-order valence-electron chi connectivity index (χ1n) is 9.24. The summed E-state index contributed by atoms with van der Waals surface area (Å²) in [6, 6.07) is 7.10. The second-order valence-corrected chi connectivity index (χ2v) is 6.97. The van der Waals surface area contributed by atoms with Crippen LogP contribution in [0.15, 0.2) is 24.3 Å². The van der Waals surface area contributed by atoms with Crippen LogP contribution < -0.4 is 10.1 Å². The Morgan fingerprint density at radius 1 is 1.24 bits per heavy atom. The third-order valence-electron chi connectivity index (χ3n) is 5.06. The van der Waals surface area contributed by atoms with E-state index >= 15 is 0 Å². The summed E-state index contributed by atoms with van der Waals surface area (Å²) in [5.41, 5.74) is 0.978. The molecule has 1 aromatic rings. The molecule has 1 saturated carbocycles. The molecule has 0 aliphatic heterocycles. The minimum Gasteiger partial charge on any atom is -0.482 e. The van der Waals surface area contributed by atoms with Crippen LogP contribution in [0.3, 0.4) is 0 Å². The quantitative estimate of drug-likeness (QED) is 0.709. The number of nitrogens with one attached hydrogen (secondary N) is 1. The monoisotopic (exact) mass is 347 g/mol. The van der Waals surface area contributed by atoms with Crippen molar-refractivity contribution < 1.29 is 19.4 Å². The van der Waals surface area contributed by atoms with Crippen molar-refractivity contribution >= 4 is 11.9 Å². The molecule has 2 unspecified atom stereocenters. The van der Waals surface area contributed by atoms with Crippen LogP contribution in [0.25, 0.3) is 0 Å². The summed E-state index contributed by atoms with van der Waals surface area (Å²) < 4.78 is 5.13. The lowest BCUT2D eigenvalue weighted by Crippen LogP contribution is -2.33. The van der Waals surface area contributed by atoms with Gasteiger partial charge in [0, 0.05) is 5.92 Å². The Bertz CT molecular complexity index is 564. The molecule has 5 nitrogen and oxygen atoms in total. The lowest BCUT2D eigenvalue weighted by molar-refractivity contribution is -0.139. The van der Waals surface area contributed by atoms with Gasteiger partial charge in [0.2, 0.25) is 5.91 Å². The van der Waals surface area contributed by atoms with Gasteiger partial charge in [-0.25, -0.2) is 4.79 Å². The van der Waals surface area contributed by atoms with E-state index in [0.717, 1.165) is 18.4 Å². The molecule has 1 aliphatic rings. The maximum Gasteiger partial charge on any atom is 0.341 e. The van der Waals surface area contributed by atoms with Crippen LogP contribution in [0.1, 0.15) is 64.0 Å². The highest BCUT2D eigenvalue weighted by Crippen LogP contribution is 2.31. The standard InChI is InChI=1S/C20H29NO4/c1-3-16(12-15-6-4-5-7-15)20(24)21-14(2)17-8-10-18(11-9-17)25-13-19(22)23/h8-11,14-16H,3-7,12-13H2,1-2H3,(H,21,24)(H,22,23). The van der Waals surface area contributed by atoms with E-state index in [0.29, 0.717) is 11.7 Å². The summed E-state index contributed by atoms with van der Waals surface area (Å²) in [6.07, 6.45) is 6.99. The summed E-state index contributed by atoms with van der Waals surface area (Å²) in [4.78, 5) is 23.1. The van der Waals surface area contributed by atoms with Gasteiger partial charge in [0.05, 0.1) is 6.04 Å². The molecule has 0 aromatic heterocycles. The Hall–Kier alpha value is -2.04. The van der Waals surface area contributed by atoms with E-state index in [4.69, 9.17) is 9.84 Å². The highest BCUT2D eigenvalue weighted by Gasteiger charge is 2.24. The molecule has 0 spiro atoms. The zero-order chi connectivity index (χ0) is 18.2. The van der Waals surface area contributed by atoms with Gasteiger partial charge in [-0.1, -0.05) is 44.7 Å². The first kappa shape index (κ1) is 19.3. The average Bonchev–Trinajstić information content (AvgIpc) is 3.11. The molecule has 0 heterocycles. The van der Waals surface area contributed by atoms with Gasteiger partial charge in [0.15, 0.2) is 6.61 Å². The molecule has 1 aliphatic carbocycles. The molecule has 138 valence electrons. The van der Waals surface area contributed by atoms with Gasteiger partial charge in [-0.3, -0.25) is 4.79 Å². The molecule has 0 bridgehead atoms. The molecule has 25 heavy (non-hydrogen) atoms. The van der Waals surface area contributed by atoms with Crippen LogP contribution in [0.4, 0.5) is 0 Å². The van der Waals surface area contributed by atoms with Crippen molar-refractivity contribution in [2.75, 3.05) is 6.61 Å². The van der Waals surface area contributed by atoms with Crippen molar-refractivity contribution in [3.05, 3.63) is 29.8 Å². The van der Waals surface area contributed by atoms with Crippen molar-refractivity contribution in [1.82, 2.24) is 5.32 Å². The minimum atomic E-state index is -1.00. The second kappa shape index (κ2) is 9.44. The van der Waals surface area contributed by atoms with Gasteiger partial charge < -0.3 is 15.2 Å². The number of carbonyl (C=O) groups excluding carboxylic acids is 1. The number of hydrogen-bond donors (Lipinski definition) is 2. The van der Waals surface area contributed by atoms with E-state index in [1.165, 1.54) is 25.7 Å². The Balaban J connectivity index is 1.87. The molecule has 2 rings (SSSR count). The maximum atomic E-state index is 12.6. The number of ether oxygens (including phenoxy) is 1. The van der Waals surface area contributed by atoms with E-state index in [1.807, 2.05) is 19.1 Å². The molecule has 1 amide bonds. The number of hydrogen-bond acceptors (Lipinski definition) is 3. The molecule has 0 radical (unpaired) electrons. The third-order valence-corrected chi connectivity index (χ3v) is 5.06. The molecule has 2 atom stereocenters. The van der Waals surface area contributed by atoms with E-state index < -0.39 is 5.97 Å². The second-order valence-electron chi connectivity index (χ2n) is 6.97. The Kier molecular flexibility index (Phi) is 7.29. The molecule has 1 fully saturated rings. The number of carboxylic acids is 1. The number of carboxylic acid groups (broad SMARTS) is 1. The van der Waals surface area contributed by atoms with Crippen molar-refractivity contribution in [3.63, 3.8) is 0 Å². The summed E-state index contributed by atoms with van der Waals surface area (Å²) in [7, 11) is 0. The van der Waals surface area contributed by atoms with Crippen molar-refractivity contribution in [2.24, 2.45) is 11.8 Å². The fourth-order valence-corrected chi connectivity index (χ4v) is 3.52. The van der Waals surface area contributed by atoms with E-state index in [-0.39, 0.29) is 24.5 Å². The van der Waals surface area contributed by atoms with E-state index in [9.17, 15) is 9.59 Å². The maximum absolute atomic E-state index is 12.6. The summed E-state index contributed by atoms with van der Waals surface area (Å²) >= 11 is 0. The normalized spacial score (nSPS) is 17.0. The van der Waals surface area contributed by atoms with Gasteiger partial charge in [-0.2, -0.15) is 0 Å². The van der Waals surface area contributed by atoms with Crippen LogP contribution in [-0.2, 0) is 9.59 Å². The van der Waals surface area contributed by atoms with Gasteiger partial charge in [0.25, 0.3) is 0 Å². The van der Waals surface area contributed by atoms with Crippen LogP contribution >= 0.6 is 0 Å². The Labute approximate surface area is 149 Å². The largest absolute Gasteiger partial charge is 0.482 e. The van der Waals surface area contributed by atoms with Gasteiger partial charge in [-0.05, 0) is 43.4 Å². The number of amides is 1. The van der Waals surface area contributed by atoms with Gasteiger partial charge in [0.1, 0.15) is 5.75 Å². The molecule has 1 aromatic carbocycles. The fraction of sp³-hybridized carbons (Fsp3) is 0.600. The van der Waals surface area contributed by atoms with Gasteiger partial charge >= 0.3 is 5.97 Å². The molecule has 2 N–H and O–H groups in total. The first-order valence-corrected chi connectivity index (χ1v) is 9.24. The van der Waals surface area contributed by atoms with Crippen molar-refractivity contribution in [2.45, 2.75) is 58.4 Å². The third kappa shape index (κ3) is 6.07. The van der Waals surface area contributed by atoms with E-state index in [1.54, 1.807) is 12.1 Å². The number of aliphatic carboxylic acids is 1. The molecular formula is C20H29NO4. The highest BCUT2D eigenvalue weighted by atomic mass is 16.5. The predicted octanol–water partition coefficient (Wildman–Crippen LogP) is 3.93. The number of rotatable bonds is 9. The lowest BCUT2D eigenvalue weighted by atomic mass is 9.90. The SMILES string of the molecule is CCC(CC1CCCC1)C(=O)NC(C)c1ccc(OCC(=O)O)cc1. The molecule has 0 saturated heterocycles. The Morgan fingerprint density at radius 2 is 1.88 bits per heavy atom. The first-order chi connectivity index (χ1) is 12.0. The van der Waals surface area contributed by atoms with Crippen LogP contribution in [0, 0.1) is 11.8 Å². The predicted molar refractivity (Wildman–Crippen MR) is 96.5 cm³/mol. The van der Waals surface area contributed by atoms with E-state index in [2.05, 4.69) is 12.2 Å². The highest BCUT2D eigenvalue weighted by molar-refractivity contribution is 5.79. The summed E-state index contributed by atoms with van der Waals surface area (Å²) in [5.74, 6) is 0.434. The number of benzene rings is 1. The molecular weight excluding hydrogens is 318 g/mol. The van der Waals surface area contributed by atoms with Gasteiger partial charge in [-0.15, -0.1) is 0 Å². The van der Waals surface area contributed by atoms with Crippen LogP contribution in [0.2, 0.25) is 0 Å². The number of carbonyl (C=O) groups is 2. The Morgan fingerprint density at radius 3 is 2.44 bits per heavy atom. The summed E-state index contributed by atoms with van der Waals surface area (Å²) in [5, 5.41) is 11.7. The lowest BCUT2D eigenvalue weighted by Gasteiger charge is -2.22. The van der Waals surface area contributed by atoms with Crippen LogP contribution in [0.5, 0.6) is 5.75 Å². The minimum absolute atomic E-state index is 0.0846. The van der Waals surface area contributed by atoms with Crippen LogP contribution in [-0.4, -0.2) is 23.6 Å². The smallest absolute Gasteiger partial charge is 0.341 e. The van der Waals surface area contributed by atoms with Crippen molar-refractivity contribution in [1.29, 1.82) is 0 Å². The average molecular weight is 347 g/mol. The zero-order valence-corrected chi connectivity index (χ0v) is 15.2. The topological polar surface area (TPSA) is 75.6 Å². The fourth-order valence-electron chi connectivity index (χ4n) is 3.52.